The van der Waals surface area contributed by atoms with Crippen LogP contribution in [-0.4, -0.2) is 18.2 Å². The molecule has 3 nitrogen and oxygen atoms in total. The molecule has 0 saturated heterocycles. The summed E-state index contributed by atoms with van der Waals surface area (Å²) in [5.74, 6) is 1.82. The number of nitrogens with zero attached hydrogens (tertiary/aromatic N) is 1. The van der Waals surface area contributed by atoms with Crippen LogP contribution < -0.4 is 9.47 Å². The summed E-state index contributed by atoms with van der Waals surface area (Å²) in [6.07, 6.45) is 8.81. The summed E-state index contributed by atoms with van der Waals surface area (Å²) < 4.78 is 11.9. The molecule has 1 saturated carbocycles. The average Bonchev–Trinajstić information content (AvgIpc) is 3.27. The number of aromatic nitrogens is 1. The maximum absolute atomic E-state index is 6.54. The minimum Gasteiger partial charge on any atom is -0.497 e. The van der Waals surface area contributed by atoms with Crippen molar-refractivity contribution < 1.29 is 9.47 Å². The monoisotopic (exact) mass is 373 g/mol. The molecule has 0 unspecified atom stereocenters. The molecule has 0 aliphatic heterocycles. The third-order valence-corrected chi connectivity index (χ3v) is 5.46. The summed E-state index contributed by atoms with van der Waals surface area (Å²) in [6.45, 7) is 0. The summed E-state index contributed by atoms with van der Waals surface area (Å²) in [5, 5.41) is 0. The SMILES string of the molecule is COc1ccc(-c2ccnc(CCc3ccccc3)c2OC2CCCC2)cc1. The van der Waals surface area contributed by atoms with Gasteiger partial charge in [-0.1, -0.05) is 42.5 Å². The molecule has 1 aliphatic carbocycles. The Morgan fingerprint density at radius 1 is 0.893 bits per heavy atom. The van der Waals surface area contributed by atoms with Gasteiger partial charge in [-0.25, -0.2) is 0 Å². The minimum absolute atomic E-state index is 0.302. The highest BCUT2D eigenvalue weighted by Crippen LogP contribution is 2.36. The molecule has 0 amide bonds. The molecule has 3 heteroatoms. The number of pyridine rings is 1. The van der Waals surface area contributed by atoms with Gasteiger partial charge in [0.2, 0.25) is 0 Å². The van der Waals surface area contributed by atoms with E-state index < -0.39 is 0 Å². The van der Waals surface area contributed by atoms with Gasteiger partial charge in [-0.15, -0.1) is 0 Å². The van der Waals surface area contributed by atoms with Gasteiger partial charge in [0.25, 0.3) is 0 Å². The van der Waals surface area contributed by atoms with Gasteiger partial charge in [0.05, 0.1) is 18.9 Å². The van der Waals surface area contributed by atoms with Crippen molar-refractivity contribution in [2.45, 2.75) is 44.6 Å². The van der Waals surface area contributed by atoms with Crippen LogP contribution in [0.3, 0.4) is 0 Å². The van der Waals surface area contributed by atoms with Gasteiger partial charge in [-0.05, 0) is 67.9 Å². The van der Waals surface area contributed by atoms with Crippen LogP contribution in [0.2, 0.25) is 0 Å². The third-order valence-electron chi connectivity index (χ3n) is 5.46. The lowest BCUT2D eigenvalue weighted by atomic mass is 10.0. The fourth-order valence-electron chi connectivity index (χ4n) is 3.88. The number of rotatable bonds is 7. The van der Waals surface area contributed by atoms with E-state index >= 15 is 0 Å². The van der Waals surface area contributed by atoms with E-state index in [1.807, 2.05) is 18.3 Å². The van der Waals surface area contributed by atoms with Crippen LogP contribution in [0.1, 0.15) is 36.9 Å². The van der Waals surface area contributed by atoms with Gasteiger partial charge in [0, 0.05) is 11.8 Å². The quantitative estimate of drug-likeness (QED) is 0.519. The molecule has 3 aromatic rings. The largest absolute Gasteiger partial charge is 0.497 e. The highest BCUT2D eigenvalue weighted by molar-refractivity contribution is 5.71. The molecule has 0 spiro atoms. The summed E-state index contributed by atoms with van der Waals surface area (Å²) in [6, 6.07) is 20.8. The van der Waals surface area contributed by atoms with Gasteiger partial charge in [-0.3, -0.25) is 4.98 Å². The first-order valence-electron chi connectivity index (χ1n) is 10.2. The van der Waals surface area contributed by atoms with E-state index in [4.69, 9.17) is 14.5 Å². The molecule has 1 aromatic heterocycles. The number of hydrogen-bond acceptors (Lipinski definition) is 3. The molecule has 1 fully saturated rings. The number of benzene rings is 2. The second-order valence-corrected chi connectivity index (χ2v) is 7.37. The fourth-order valence-corrected chi connectivity index (χ4v) is 3.88. The van der Waals surface area contributed by atoms with E-state index in [1.165, 1.54) is 18.4 Å². The van der Waals surface area contributed by atoms with Gasteiger partial charge in [0.1, 0.15) is 11.5 Å². The van der Waals surface area contributed by atoms with Crippen molar-refractivity contribution in [1.29, 1.82) is 0 Å². The Morgan fingerprint density at radius 3 is 2.36 bits per heavy atom. The predicted octanol–water partition coefficient (Wildman–Crippen LogP) is 5.86. The van der Waals surface area contributed by atoms with Crippen molar-refractivity contribution in [3.63, 3.8) is 0 Å². The van der Waals surface area contributed by atoms with Crippen LogP contribution in [0.4, 0.5) is 0 Å². The van der Waals surface area contributed by atoms with Crippen LogP contribution in [-0.2, 0) is 12.8 Å². The number of methoxy groups -OCH3 is 1. The molecule has 28 heavy (non-hydrogen) atoms. The highest BCUT2D eigenvalue weighted by Gasteiger charge is 2.21. The molecule has 1 heterocycles. The van der Waals surface area contributed by atoms with Crippen LogP contribution >= 0.6 is 0 Å². The molecular formula is C25H27NO2. The zero-order valence-electron chi connectivity index (χ0n) is 16.4. The van der Waals surface area contributed by atoms with Crippen molar-refractivity contribution in [2.24, 2.45) is 0 Å². The number of aryl methyl sites for hydroxylation is 2. The van der Waals surface area contributed by atoms with E-state index in [9.17, 15) is 0 Å². The van der Waals surface area contributed by atoms with E-state index in [2.05, 4.69) is 48.5 Å². The van der Waals surface area contributed by atoms with Crippen molar-refractivity contribution in [1.82, 2.24) is 4.98 Å². The van der Waals surface area contributed by atoms with Crippen LogP contribution in [0.15, 0.2) is 66.9 Å². The van der Waals surface area contributed by atoms with Crippen molar-refractivity contribution in [3.8, 4) is 22.6 Å². The summed E-state index contributed by atoms with van der Waals surface area (Å²) in [4.78, 5) is 4.71. The van der Waals surface area contributed by atoms with Crippen molar-refractivity contribution >= 4 is 0 Å². The Balaban J connectivity index is 1.65. The normalized spacial score (nSPS) is 14.2. The maximum atomic E-state index is 6.54. The maximum Gasteiger partial charge on any atom is 0.149 e. The molecule has 0 N–H and O–H groups in total. The predicted molar refractivity (Wildman–Crippen MR) is 113 cm³/mol. The summed E-state index contributed by atoms with van der Waals surface area (Å²) in [7, 11) is 1.69. The molecule has 1 aliphatic rings. The highest BCUT2D eigenvalue weighted by atomic mass is 16.5. The second-order valence-electron chi connectivity index (χ2n) is 7.37. The standard InChI is InChI=1S/C25H27NO2/c1-27-21-14-12-20(13-15-21)23-17-18-26-24(16-11-19-7-3-2-4-8-19)25(23)28-22-9-5-6-10-22/h2-4,7-8,12-15,17-18,22H,5-6,9-11,16H2,1H3. The lowest BCUT2D eigenvalue weighted by molar-refractivity contribution is 0.208. The van der Waals surface area contributed by atoms with E-state index in [-0.39, 0.29) is 0 Å². The zero-order valence-corrected chi connectivity index (χ0v) is 16.4. The Bertz CT molecular complexity index is 884. The van der Waals surface area contributed by atoms with Gasteiger partial charge in [-0.2, -0.15) is 0 Å². The average molecular weight is 373 g/mol. The van der Waals surface area contributed by atoms with Crippen LogP contribution in [0, 0.1) is 0 Å². The fraction of sp³-hybridized carbons (Fsp3) is 0.320. The molecule has 0 atom stereocenters. The Labute approximate surface area is 167 Å². The van der Waals surface area contributed by atoms with Gasteiger partial charge < -0.3 is 9.47 Å². The van der Waals surface area contributed by atoms with Gasteiger partial charge >= 0.3 is 0 Å². The molecular weight excluding hydrogens is 346 g/mol. The topological polar surface area (TPSA) is 31.4 Å². The zero-order chi connectivity index (χ0) is 19.2. The van der Waals surface area contributed by atoms with Crippen LogP contribution in [0.25, 0.3) is 11.1 Å². The molecule has 4 rings (SSSR count). The second kappa shape index (κ2) is 8.92. The molecule has 0 bridgehead atoms. The van der Waals surface area contributed by atoms with Gasteiger partial charge in [0.15, 0.2) is 0 Å². The summed E-state index contributed by atoms with van der Waals surface area (Å²) >= 11 is 0. The van der Waals surface area contributed by atoms with E-state index in [1.54, 1.807) is 7.11 Å². The number of hydrogen-bond donors (Lipinski definition) is 0. The molecule has 2 aromatic carbocycles. The van der Waals surface area contributed by atoms with Crippen molar-refractivity contribution in [3.05, 3.63) is 78.1 Å². The Hall–Kier alpha value is -2.81. The third kappa shape index (κ3) is 4.36. The lowest BCUT2D eigenvalue weighted by Gasteiger charge is -2.20. The van der Waals surface area contributed by atoms with Crippen molar-refractivity contribution in [2.75, 3.05) is 7.11 Å². The Morgan fingerprint density at radius 2 is 1.64 bits per heavy atom. The van der Waals surface area contributed by atoms with E-state index in [0.29, 0.717) is 6.10 Å². The minimum atomic E-state index is 0.302. The van der Waals surface area contributed by atoms with E-state index in [0.717, 1.165) is 54.0 Å². The number of ether oxygens (including phenoxy) is 2. The first kappa shape index (κ1) is 18.5. The first-order valence-corrected chi connectivity index (χ1v) is 10.2. The lowest BCUT2D eigenvalue weighted by Crippen LogP contribution is -2.14. The van der Waals surface area contributed by atoms with Crippen LogP contribution in [0.5, 0.6) is 11.5 Å². The smallest absolute Gasteiger partial charge is 0.149 e. The first-order chi connectivity index (χ1) is 13.8. The Kier molecular flexibility index (Phi) is 5.91. The molecule has 144 valence electrons. The summed E-state index contributed by atoms with van der Waals surface area (Å²) in [5.41, 5.74) is 4.62. The molecule has 0 radical (unpaired) electrons.